The summed E-state index contributed by atoms with van der Waals surface area (Å²) in [5.41, 5.74) is 1.15. The van der Waals surface area contributed by atoms with Crippen molar-refractivity contribution in [3.63, 3.8) is 0 Å². The molecule has 0 aliphatic heterocycles. The molecule has 1 N–H and O–H groups in total. The van der Waals surface area contributed by atoms with Crippen LogP contribution in [0.3, 0.4) is 0 Å². The number of rotatable bonds is 4. The molecule has 1 heterocycles. The van der Waals surface area contributed by atoms with E-state index in [9.17, 15) is 4.79 Å². The highest BCUT2D eigenvalue weighted by atomic mass is 32.1. The number of nitrogens with one attached hydrogen (secondary N) is 1. The van der Waals surface area contributed by atoms with Crippen molar-refractivity contribution in [3.8, 4) is 0 Å². The van der Waals surface area contributed by atoms with Crippen LogP contribution >= 0.6 is 11.3 Å². The van der Waals surface area contributed by atoms with E-state index in [4.69, 9.17) is 0 Å². The van der Waals surface area contributed by atoms with Crippen LogP contribution in [0.15, 0.2) is 5.38 Å². The van der Waals surface area contributed by atoms with E-state index in [2.05, 4.69) is 15.7 Å². The molecule has 1 fully saturated rings. The van der Waals surface area contributed by atoms with Crippen LogP contribution in [0.4, 0.5) is 5.13 Å². The maximum absolute atomic E-state index is 11.6. The number of carbonyl (C=O) groups is 1. The zero-order valence-electron chi connectivity index (χ0n) is 9.12. The second-order valence-electron chi connectivity index (χ2n) is 4.15. The SMILES string of the molecule is CC[C@H](C)C(=O)Nc1nc(C2CC2)cs1. The summed E-state index contributed by atoms with van der Waals surface area (Å²) in [7, 11) is 0. The molecule has 0 spiro atoms. The van der Waals surface area contributed by atoms with Crippen molar-refractivity contribution < 1.29 is 4.79 Å². The Morgan fingerprint density at radius 1 is 1.73 bits per heavy atom. The molecule has 0 radical (unpaired) electrons. The molecule has 1 amide bonds. The minimum absolute atomic E-state index is 0.0678. The lowest BCUT2D eigenvalue weighted by molar-refractivity contribution is -0.119. The number of nitrogens with zero attached hydrogens (tertiary/aromatic N) is 1. The molecular weight excluding hydrogens is 208 g/mol. The van der Waals surface area contributed by atoms with Gasteiger partial charge in [0.25, 0.3) is 0 Å². The molecule has 1 aliphatic carbocycles. The Kier molecular flexibility index (Phi) is 3.05. The van der Waals surface area contributed by atoms with Crippen LogP contribution < -0.4 is 5.32 Å². The maximum Gasteiger partial charge on any atom is 0.228 e. The first-order valence-corrected chi connectivity index (χ1v) is 6.35. The van der Waals surface area contributed by atoms with E-state index < -0.39 is 0 Å². The van der Waals surface area contributed by atoms with E-state index in [1.807, 2.05) is 13.8 Å². The van der Waals surface area contributed by atoms with Crippen LogP contribution in [-0.2, 0) is 4.79 Å². The summed E-state index contributed by atoms with van der Waals surface area (Å²) in [6.07, 6.45) is 3.37. The smallest absolute Gasteiger partial charge is 0.228 e. The number of hydrogen-bond donors (Lipinski definition) is 1. The minimum atomic E-state index is 0.0678. The summed E-state index contributed by atoms with van der Waals surface area (Å²) in [6, 6.07) is 0. The molecule has 15 heavy (non-hydrogen) atoms. The van der Waals surface area contributed by atoms with Crippen LogP contribution in [0.2, 0.25) is 0 Å². The zero-order chi connectivity index (χ0) is 10.8. The first kappa shape index (κ1) is 10.6. The molecule has 1 atom stereocenters. The molecule has 0 bridgehead atoms. The number of aromatic nitrogens is 1. The maximum atomic E-state index is 11.6. The third-order valence-corrected chi connectivity index (χ3v) is 3.58. The van der Waals surface area contributed by atoms with Gasteiger partial charge in [-0.2, -0.15) is 0 Å². The van der Waals surface area contributed by atoms with Gasteiger partial charge >= 0.3 is 0 Å². The Morgan fingerprint density at radius 3 is 3.07 bits per heavy atom. The van der Waals surface area contributed by atoms with Crippen LogP contribution in [0, 0.1) is 5.92 Å². The van der Waals surface area contributed by atoms with Gasteiger partial charge in [-0.1, -0.05) is 13.8 Å². The third-order valence-electron chi connectivity index (χ3n) is 2.81. The van der Waals surface area contributed by atoms with Crippen molar-refractivity contribution in [1.82, 2.24) is 4.98 Å². The van der Waals surface area contributed by atoms with Gasteiger partial charge in [-0.05, 0) is 19.3 Å². The number of hydrogen-bond acceptors (Lipinski definition) is 3. The second kappa shape index (κ2) is 4.31. The molecule has 0 unspecified atom stereocenters. The molecule has 1 saturated carbocycles. The molecule has 0 saturated heterocycles. The van der Waals surface area contributed by atoms with Gasteiger partial charge in [0.1, 0.15) is 0 Å². The average Bonchev–Trinajstić information content (AvgIpc) is 2.99. The van der Waals surface area contributed by atoms with E-state index in [0.29, 0.717) is 5.92 Å². The van der Waals surface area contributed by atoms with Gasteiger partial charge in [0, 0.05) is 17.2 Å². The average molecular weight is 224 g/mol. The lowest BCUT2D eigenvalue weighted by atomic mass is 10.1. The first-order valence-electron chi connectivity index (χ1n) is 5.47. The van der Waals surface area contributed by atoms with E-state index in [1.165, 1.54) is 24.2 Å². The van der Waals surface area contributed by atoms with E-state index in [-0.39, 0.29) is 11.8 Å². The summed E-state index contributed by atoms with van der Waals surface area (Å²) in [4.78, 5) is 16.0. The quantitative estimate of drug-likeness (QED) is 0.854. The molecular formula is C11H16N2OS. The number of anilines is 1. The summed E-state index contributed by atoms with van der Waals surface area (Å²) in [5, 5.41) is 5.68. The Labute approximate surface area is 93.9 Å². The van der Waals surface area contributed by atoms with Gasteiger partial charge < -0.3 is 5.32 Å². The van der Waals surface area contributed by atoms with E-state index >= 15 is 0 Å². The molecule has 1 aliphatic rings. The Morgan fingerprint density at radius 2 is 2.47 bits per heavy atom. The molecule has 4 heteroatoms. The molecule has 2 rings (SSSR count). The molecule has 3 nitrogen and oxygen atoms in total. The number of amides is 1. The predicted octanol–water partition coefficient (Wildman–Crippen LogP) is 3.01. The predicted molar refractivity (Wildman–Crippen MR) is 62.2 cm³/mol. The minimum Gasteiger partial charge on any atom is -0.302 e. The van der Waals surface area contributed by atoms with Crippen molar-refractivity contribution in [1.29, 1.82) is 0 Å². The summed E-state index contributed by atoms with van der Waals surface area (Å²) in [6.45, 7) is 3.95. The van der Waals surface area contributed by atoms with Crippen LogP contribution in [0.1, 0.15) is 44.7 Å². The lowest BCUT2D eigenvalue weighted by Crippen LogP contribution is -2.19. The second-order valence-corrected chi connectivity index (χ2v) is 5.01. The first-order chi connectivity index (χ1) is 7.20. The van der Waals surface area contributed by atoms with Gasteiger partial charge in [-0.25, -0.2) is 4.98 Å². The fourth-order valence-electron chi connectivity index (χ4n) is 1.32. The van der Waals surface area contributed by atoms with Gasteiger partial charge in [-0.15, -0.1) is 11.3 Å². The van der Waals surface area contributed by atoms with Gasteiger partial charge in [0.15, 0.2) is 5.13 Å². The fourth-order valence-corrected chi connectivity index (χ4v) is 2.12. The van der Waals surface area contributed by atoms with Gasteiger partial charge in [0.05, 0.1) is 5.69 Å². The Balaban J connectivity index is 1.95. The molecule has 0 aromatic carbocycles. The third kappa shape index (κ3) is 2.56. The van der Waals surface area contributed by atoms with Crippen molar-refractivity contribution in [2.45, 2.75) is 39.0 Å². The van der Waals surface area contributed by atoms with Crippen LogP contribution in [-0.4, -0.2) is 10.9 Å². The highest BCUT2D eigenvalue weighted by Gasteiger charge is 2.26. The van der Waals surface area contributed by atoms with Gasteiger partial charge in [-0.3, -0.25) is 4.79 Å². The lowest BCUT2D eigenvalue weighted by Gasteiger charge is -2.06. The largest absolute Gasteiger partial charge is 0.302 e. The summed E-state index contributed by atoms with van der Waals surface area (Å²) in [5.74, 6) is 0.808. The topological polar surface area (TPSA) is 42.0 Å². The highest BCUT2D eigenvalue weighted by Crippen LogP contribution is 2.40. The van der Waals surface area contributed by atoms with Crippen LogP contribution in [0.25, 0.3) is 0 Å². The van der Waals surface area contributed by atoms with Crippen LogP contribution in [0.5, 0.6) is 0 Å². The van der Waals surface area contributed by atoms with Gasteiger partial charge in [0.2, 0.25) is 5.91 Å². The summed E-state index contributed by atoms with van der Waals surface area (Å²) >= 11 is 1.53. The van der Waals surface area contributed by atoms with Crippen molar-refractivity contribution in [2.24, 2.45) is 5.92 Å². The monoisotopic (exact) mass is 224 g/mol. The van der Waals surface area contributed by atoms with Crippen molar-refractivity contribution in [3.05, 3.63) is 11.1 Å². The molecule has 1 aromatic heterocycles. The standard InChI is InChI=1S/C11H16N2OS/c1-3-7(2)10(14)13-11-12-9(6-15-11)8-4-5-8/h6-8H,3-5H2,1-2H3,(H,12,13,14)/t7-/m0/s1. The van der Waals surface area contributed by atoms with E-state index in [1.54, 1.807) is 0 Å². The fraction of sp³-hybridized carbons (Fsp3) is 0.636. The Bertz CT molecular complexity index is 357. The normalized spacial score (nSPS) is 17.5. The number of carbonyl (C=O) groups excluding carboxylic acids is 1. The molecule has 1 aromatic rings. The van der Waals surface area contributed by atoms with E-state index in [0.717, 1.165) is 17.2 Å². The zero-order valence-corrected chi connectivity index (χ0v) is 9.93. The number of thiazole rings is 1. The summed E-state index contributed by atoms with van der Waals surface area (Å²) < 4.78 is 0. The highest BCUT2D eigenvalue weighted by molar-refractivity contribution is 7.13. The van der Waals surface area contributed by atoms with Crippen molar-refractivity contribution >= 4 is 22.4 Å². The Hall–Kier alpha value is -0.900. The van der Waals surface area contributed by atoms with Crippen molar-refractivity contribution in [2.75, 3.05) is 5.32 Å². The molecule has 82 valence electrons.